The molecule has 0 saturated heterocycles. The quantitative estimate of drug-likeness (QED) is 0.636. The largest absolute Gasteiger partial charge is 0.504 e. The van der Waals surface area contributed by atoms with Crippen LogP contribution in [-0.2, 0) is 0 Å². The number of para-hydroxylation sites is 1. The van der Waals surface area contributed by atoms with Crippen molar-refractivity contribution in [3.63, 3.8) is 0 Å². The highest BCUT2D eigenvalue weighted by atomic mass is 32.1. The molecule has 0 aliphatic rings. The Bertz CT molecular complexity index is 809. The Hall–Kier alpha value is -2.07. The first kappa shape index (κ1) is 12.0. The van der Waals surface area contributed by atoms with Gasteiger partial charge in [0.2, 0.25) is 5.69 Å². The van der Waals surface area contributed by atoms with Gasteiger partial charge in [0.25, 0.3) is 0 Å². The van der Waals surface area contributed by atoms with Crippen molar-refractivity contribution in [2.45, 2.75) is 13.8 Å². The van der Waals surface area contributed by atoms with Gasteiger partial charge >= 0.3 is 4.87 Å². The fourth-order valence-corrected chi connectivity index (χ4v) is 2.98. The zero-order chi connectivity index (χ0) is 13.4. The lowest BCUT2D eigenvalue weighted by Crippen LogP contribution is -2.49. The monoisotopic (exact) mass is 269 g/mol. The second-order valence-electron chi connectivity index (χ2n) is 4.55. The first-order chi connectivity index (χ1) is 9.15. The van der Waals surface area contributed by atoms with Gasteiger partial charge in [0.1, 0.15) is 5.52 Å². The number of aryl methyl sites for hydroxylation is 2. The minimum absolute atomic E-state index is 0.0642. The predicted molar refractivity (Wildman–Crippen MR) is 76.9 cm³/mol. The first-order valence-corrected chi connectivity index (χ1v) is 6.87. The van der Waals surface area contributed by atoms with Crippen molar-refractivity contribution in [3.8, 4) is 5.69 Å². The molecular weight excluding hydrogens is 256 g/mol. The van der Waals surface area contributed by atoms with E-state index in [4.69, 9.17) is 0 Å². The predicted octanol–water partition coefficient (Wildman–Crippen LogP) is 2.55. The molecule has 0 fully saturated rings. The highest BCUT2D eigenvalue weighted by molar-refractivity contribution is 7.15. The van der Waals surface area contributed by atoms with E-state index in [0.717, 1.165) is 27.0 Å². The second-order valence-corrected chi connectivity index (χ2v) is 5.51. The van der Waals surface area contributed by atoms with Crippen LogP contribution in [0.5, 0.6) is 0 Å². The maximum atomic E-state index is 12.2. The smallest absolute Gasteiger partial charge is 0.200 e. The molecule has 0 bridgehead atoms. The average molecular weight is 269 g/mol. The fourth-order valence-electron chi connectivity index (χ4n) is 2.15. The van der Waals surface area contributed by atoms with E-state index in [9.17, 15) is 4.79 Å². The van der Waals surface area contributed by atoms with Crippen LogP contribution in [0.4, 0.5) is 0 Å². The average Bonchev–Trinajstić information content (AvgIpc) is 2.40. The van der Waals surface area contributed by atoms with Crippen molar-refractivity contribution >= 4 is 21.6 Å². The fraction of sp³-hybridized carbons (Fsp3) is 0.133. The molecule has 0 unspecified atom stereocenters. The lowest BCUT2D eigenvalue weighted by atomic mass is 10.1. The molecule has 3 aromatic rings. The molecule has 3 rings (SSSR count). The van der Waals surface area contributed by atoms with Crippen LogP contribution in [0.1, 0.15) is 11.1 Å². The molecule has 4 heteroatoms. The van der Waals surface area contributed by atoms with Crippen LogP contribution in [0.2, 0.25) is 0 Å². The van der Waals surface area contributed by atoms with E-state index in [1.54, 1.807) is 0 Å². The molecule has 94 valence electrons. The van der Waals surface area contributed by atoms with E-state index >= 15 is 0 Å². The Morgan fingerprint density at radius 2 is 1.84 bits per heavy atom. The number of fused-ring (bicyclic) bond motifs is 1. The van der Waals surface area contributed by atoms with E-state index < -0.39 is 0 Å². The van der Waals surface area contributed by atoms with Gasteiger partial charge in [0.15, 0.2) is 0 Å². The summed E-state index contributed by atoms with van der Waals surface area (Å²) in [7, 11) is 0. The summed E-state index contributed by atoms with van der Waals surface area (Å²) in [5, 5.41) is 4.48. The summed E-state index contributed by atoms with van der Waals surface area (Å²) in [4.78, 5) is 12.1. The molecule has 1 aromatic heterocycles. The van der Waals surface area contributed by atoms with Crippen LogP contribution < -0.4 is 9.55 Å². The third kappa shape index (κ3) is 2.15. The summed E-state index contributed by atoms with van der Waals surface area (Å²) >= 11 is 1.24. The van der Waals surface area contributed by atoms with E-state index in [2.05, 4.69) is 11.2 Å². The van der Waals surface area contributed by atoms with Gasteiger partial charge < -0.3 is 0 Å². The van der Waals surface area contributed by atoms with Crippen molar-refractivity contribution in [3.05, 3.63) is 63.3 Å². The second kappa shape index (κ2) is 4.55. The van der Waals surface area contributed by atoms with Crippen LogP contribution in [0, 0.1) is 13.8 Å². The Labute approximate surface area is 114 Å². The molecule has 0 saturated carbocycles. The summed E-state index contributed by atoms with van der Waals surface area (Å²) in [5.41, 5.74) is 3.92. The number of benzene rings is 2. The topological polar surface area (TPSA) is 33.8 Å². The van der Waals surface area contributed by atoms with Crippen molar-refractivity contribution in [1.29, 1.82) is 0 Å². The lowest BCUT2D eigenvalue weighted by molar-refractivity contribution is -0.667. The van der Waals surface area contributed by atoms with E-state index in [0.29, 0.717) is 0 Å². The van der Waals surface area contributed by atoms with Gasteiger partial charge in [-0.2, -0.15) is 0 Å². The van der Waals surface area contributed by atoms with Gasteiger partial charge in [-0.3, -0.25) is 0 Å². The van der Waals surface area contributed by atoms with Gasteiger partial charge in [0, 0.05) is 21.9 Å². The third-order valence-electron chi connectivity index (χ3n) is 2.97. The van der Waals surface area contributed by atoms with E-state index in [1.807, 2.05) is 50.2 Å². The minimum atomic E-state index is -0.0642. The van der Waals surface area contributed by atoms with Crippen molar-refractivity contribution in [2.24, 2.45) is 0 Å². The Balaban J connectivity index is 2.34. The Kier molecular flexibility index (Phi) is 2.87. The maximum absolute atomic E-state index is 12.2. The SMILES string of the molecule is Cc1cc(C)c2sc(=O)[n+](-c3ccccc3)nc2c1. The summed E-state index contributed by atoms with van der Waals surface area (Å²) in [6.45, 7) is 4.05. The molecule has 0 N–H and O–H groups in total. The van der Waals surface area contributed by atoms with Gasteiger partial charge in [-0.25, -0.2) is 4.79 Å². The summed E-state index contributed by atoms with van der Waals surface area (Å²) in [6.07, 6.45) is 0. The zero-order valence-electron chi connectivity index (χ0n) is 10.8. The van der Waals surface area contributed by atoms with Crippen molar-refractivity contribution < 1.29 is 4.68 Å². The van der Waals surface area contributed by atoms with Crippen LogP contribution in [0.15, 0.2) is 47.3 Å². The highest BCUT2D eigenvalue weighted by Gasteiger charge is 2.16. The van der Waals surface area contributed by atoms with Crippen molar-refractivity contribution in [2.75, 3.05) is 0 Å². The van der Waals surface area contributed by atoms with Crippen LogP contribution in [-0.4, -0.2) is 5.10 Å². The van der Waals surface area contributed by atoms with Gasteiger partial charge in [-0.05, 0) is 42.4 Å². The van der Waals surface area contributed by atoms with Gasteiger partial charge in [-0.15, -0.1) is 0 Å². The van der Waals surface area contributed by atoms with Gasteiger partial charge in [0.05, 0.1) is 4.70 Å². The summed E-state index contributed by atoms with van der Waals surface area (Å²) in [6, 6.07) is 13.6. The number of nitrogens with zero attached hydrogens (tertiary/aromatic N) is 2. The number of rotatable bonds is 1. The standard InChI is InChI=1S/C15H13N2OS/c1-10-8-11(2)14-13(9-10)16-17(15(18)19-14)12-6-4-3-5-7-12/h3-9H,1-2H3/q+1. The van der Waals surface area contributed by atoms with Crippen LogP contribution in [0.25, 0.3) is 15.9 Å². The maximum Gasteiger partial charge on any atom is 0.504 e. The molecule has 0 amide bonds. The molecule has 2 aromatic carbocycles. The molecule has 0 aliphatic heterocycles. The zero-order valence-corrected chi connectivity index (χ0v) is 11.6. The molecule has 3 nitrogen and oxygen atoms in total. The van der Waals surface area contributed by atoms with Crippen LogP contribution >= 0.6 is 11.3 Å². The number of hydrogen-bond acceptors (Lipinski definition) is 3. The molecule has 0 aliphatic carbocycles. The summed E-state index contributed by atoms with van der Waals surface area (Å²) in [5.74, 6) is 0. The first-order valence-electron chi connectivity index (χ1n) is 6.05. The van der Waals surface area contributed by atoms with Crippen LogP contribution in [0.3, 0.4) is 0 Å². The van der Waals surface area contributed by atoms with E-state index in [1.165, 1.54) is 16.0 Å². The third-order valence-corrected chi connectivity index (χ3v) is 4.05. The highest BCUT2D eigenvalue weighted by Crippen LogP contribution is 2.19. The lowest BCUT2D eigenvalue weighted by Gasteiger charge is -2.00. The van der Waals surface area contributed by atoms with E-state index in [-0.39, 0.29) is 4.87 Å². The molecule has 1 heterocycles. The van der Waals surface area contributed by atoms with Crippen molar-refractivity contribution in [1.82, 2.24) is 5.10 Å². The molecular formula is C15H13N2OS+. The Morgan fingerprint density at radius 3 is 2.58 bits per heavy atom. The minimum Gasteiger partial charge on any atom is -0.200 e. The molecule has 0 radical (unpaired) electrons. The molecule has 0 atom stereocenters. The Morgan fingerprint density at radius 1 is 1.11 bits per heavy atom. The number of hydrogen-bond donors (Lipinski definition) is 0. The number of aromatic nitrogens is 2. The summed E-state index contributed by atoms with van der Waals surface area (Å²) < 4.78 is 2.43. The normalized spacial score (nSPS) is 10.8. The molecule has 0 spiro atoms. The molecule has 19 heavy (non-hydrogen) atoms. The van der Waals surface area contributed by atoms with Gasteiger partial charge in [-0.1, -0.05) is 24.3 Å².